The second-order valence-corrected chi connectivity index (χ2v) is 19.3. The van der Waals surface area contributed by atoms with Crippen LogP contribution in [0.4, 0.5) is 0 Å². The quantitative estimate of drug-likeness (QED) is 0.177. The zero-order valence-electron chi connectivity index (χ0n) is 34.4. The molecule has 294 valence electrons. The van der Waals surface area contributed by atoms with E-state index in [2.05, 4.69) is 152 Å². The summed E-state index contributed by atoms with van der Waals surface area (Å²) in [6, 6.07) is 59.4. The Kier molecular flexibility index (Phi) is 7.98. The maximum atomic E-state index is 5.25. The van der Waals surface area contributed by atoms with Crippen LogP contribution in [0.5, 0.6) is 0 Å². The second-order valence-electron chi connectivity index (χ2n) is 18.2. The average molecular weight is 803 g/mol. The molecule has 2 aromatic heterocycles. The third-order valence-electron chi connectivity index (χ3n) is 15.1. The van der Waals surface area contributed by atoms with E-state index >= 15 is 0 Å². The molecule has 2 heterocycles. The van der Waals surface area contributed by atoms with Crippen LogP contribution < -0.4 is 0 Å². The third-order valence-corrected chi connectivity index (χ3v) is 16.3. The van der Waals surface area contributed by atoms with Gasteiger partial charge in [0.1, 0.15) is 0 Å². The lowest BCUT2D eigenvalue weighted by Crippen LogP contribution is -2.29. The van der Waals surface area contributed by atoms with Crippen LogP contribution in [0, 0.1) is 0 Å². The van der Waals surface area contributed by atoms with Crippen molar-refractivity contribution in [3.05, 3.63) is 180 Å². The molecule has 0 aliphatic heterocycles. The number of aromatic nitrogens is 2. The van der Waals surface area contributed by atoms with Crippen molar-refractivity contribution in [1.82, 2.24) is 9.97 Å². The van der Waals surface area contributed by atoms with E-state index in [9.17, 15) is 0 Å². The fourth-order valence-corrected chi connectivity index (χ4v) is 13.4. The molecule has 3 heteroatoms. The van der Waals surface area contributed by atoms with E-state index in [1.165, 1.54) is 119 Å². The lowest BCUT2D eigenvalue weighted by Gasteiger charge is -2.37. The molecule has 2 nitrogen and oxygen atoms in total. The SMILES string of the molecule is c1ccc(-c2nc(-c3cccc(-c4ccc(-c5ccc6c(c5)-c5cc7c(cc5C65CCCCC5)-c5ccccc5C75CCCCC5)cc4)c3)c3sc4ccccc4c3n2)cc1. The maximum absolute atomic E-state index is 5.25. The first kappa shape index (κ1) is 35.6. The normalized spacial score (nSPS) is 16.8. The monoisotopic (exact) mass is 802 g/mol. The van der Waals surface area contributed by atoms with Gasteiger partial charge in [-0.3, -0.25) is 0 Å². The Bertz CT molecular complexity index is 3200. The first-order chi connectivity index (χ1) is 30.2. The molecule has 9 aromatic rings. The molecule has 0 bridgehead atoms. The molecule has 0 atom stereocenters. The Labute approximate surface area is 362 Å². The Morgan fingerprint density at radius 2 is 0.934 bits per heavy atom. The predicted octanol–water partition coefficient (Wildman–Crippen LogP) is 16.0. The molecule has 4 aliphatic carbocycles. The van der Waals surface area contributed by atoms with Crippen molar-refractivity contribution >= 4 is 31.6 Å². The zero-order chi connectivity index (χ0) is 40.1. The van der Waals surface area contributed by atoms with Gasteiger partial charge >= 0.3 is 0 Å². The fourth-order valence-electron chi connectivity index (χ4n) is 12.2. The van der Waals surface area contributed by atoms with Crippen LogP contribution >= 0.6 is 11.3 Å². The van der Waals surface area contributed by atoms with Gasteiger partial charge in [0.05, 0.1) is 15.9 Å². The standard InChI is InChI=1S/C58H46N2S/c1-4-15-39(16-5-1)56-59-53(55-54(60-56)44-20-7-9-22-52(44)61-55)42-18-14-17-40(33-42)37-23-25-38(26-24-37)41-27-28-49-45(34-41)47-36-50-46(35-51(47)58(49)31-12-3-13-32-58)43-19-6-8-21-48(43)57(50)29-10-2-11-30-57/h1,4-9,14-28,33-36H,2-3,10-13,29-32H2. The molecule has 0 amide bonds. The number of benzene rings is 7. The van der Waals surface area contributed by atoms with Crippen molar-refractivity contribution in [2.75, 3.05) is 0 Å². The van der Waals surface area contributed by atoms with Crippen molar-refractivity contribution in [1.29, 1.82) is 0 Å². The molecule has 2 spiro atoms. The summed E-state index contributed by atoms with van der Waals surface area (Å²) in [5.74, 6) is 0.760. The van der Waals surface area contributed by atoms with Crippen LogP contribution in [0.1, 0.15) is 86.5 Å². The lowest BCUT2D eigenvalue weighted by molar-refractivity contribution is 0.350. The Morgan fingerprint density at radius 3 is 1.67 bits per heavy atom. The molecule has 13 rings (SSSR count). The van der Waals surface area contributed by atoms with E-state index in [1.54, 1.807) is 33.6 Å². The summed E-state index contributed by atoms with van der Waals surface area (Å²) in [5, 5.41) is 1.18. The van der Waals surface area contributed by atoms with Gasteiger partial charge in [0.25, 0.3) is 0 Å². The number of fused-ring (bicyclic) bond motifs is 13. The van der Waals surface area contributed by atoms with Gasteiger partial charge in [-0.1, -0.05) is 166 Å². The molecule has 7 aromatic carbocycles. The molecule has 0 unspecified atom stereocenters. The van der Waals surface area contributed by atoms with Crippen LogP contribution in [0.2, 0.25) is 0 Å². The molecule has 2 saturated carbocycles. The highest BCUT2D eigenvalue weighted by Gasteiger charge is 2.49. The van der Waals surface area contributed by atoms with E-state index < -0.39 is 0 Å². The van der Waals surface area contributed by atoms with Crippen LogP contribution in [0.15, 0.2) is 158 Å². The number of hydrogen-bond donors (Lipinski definition) is 0. The number of hydrogen-bond acceptors (Lipinski definition) is 3. The van der Waals surface area contributed by atoms with Gasteiger partial charge in [-0.2, -0.15) is 0 Å². The number of thiophene rings is 1. The lowest BCUT2D eigenvalue weighted by atomic mass is 9.66. The Hall–Kier alpha value is -6.16. The molecule has 61 heavy (non-hydrogen) atoms. The van der Waals surface area contributed by atoms with Gasteiger partial charge in [-0.25, -0.2) is 9.97 Å². The maximum Gasteiger partial charge on any atom is 0.160 e. The fraction of sp³-hybridized carbons (Fsp3) is 0.207. The third kappa shape index (κ3) is 5.32. The Balaban J connectivity index is 0.888. The summed E-state index contributed by atoms with van der Waals surface area (Å²) in [6.45, 7) is 0. The summed E-state index contributed by atoms with van der Waals surface area (Å²) >= 11 is 1.78. The molecule has 0 N–H and O–H groups in total. The molecular weight excluding hydrogens is 757 g/mol. The van der Waals surface area contributed by atoms with E-state index in [4.69, 9.17) is 9.97 Å². The molecule has 0 saturated heterocycles. The van der Waals surface area contributed by atoms with Crippen molar-refractivity contribution in [3.8, 4) is 67.2 Å². The topological polar surface area (TPSA) is 25.8 Å². The summed E-state index contributed by atoms with van der Waals surface area (Å²) in [4.78, 5) is 10.4. The highest BCUT2D eigenvalue weighted by atomic mass is 32.1. The first-order valence-corrected chi connectivity index (χ1v) is 23.4. The van der Waals surface area contributed by atoms with Gasteiger partial charge in [-0.15, -0.1) is 11.3 Å². The summed E-state index contributed by atoms with van der Waals surface area (Å²) < 4.78 is 2.36. The van der Waals surface area contributed by atoms with Gasteiger partial charge in [0.2, 0.25) is 0 Å². The van der Waals surface area contributed by atoms with Crippen LogP contribution in [0.25, 0.3) is 87.5 Å². The minimum absolute atomic E-state index is 0.121. The summed E-state index contributed by atoms with van der Waals surface area (Å²) in [5.41, 5.74) is 21.8. The van der Waals surface area contributed by atoms with Crippen molar-refractivity contribution < 1.29 is 0 Å². The average Bonchev–Trinajstić information content (AvgIpc) is 3.93. The van der Waals surface area contributed by atoms with Crippen molar-refractivity contribution in [2.45, 2.75) is 75.0 Å². The zero-order valence-corrected chi connectivity index (χ0v) is 35.2. The Morgan fingerprint density at radius 1 is 0.377 bits per heavy atom. The largest absolute Gasteiger partial charge is 0.226 e. The smallest absolute Gasteiger partial charge is 0.160 e. The number of nitrogens with zero attached hydrogens (tertiary/aromatic N) is 2. The predicted molar refractivity (Wildman–Crippen MR) is 255 cm³/mol. The van der Waals surface area contributed by atoms with Crippen molar-refractivity contribution in [3.63, 3.8) is 0 Å². The van der Waals surface area contributed by atoms with E-state index in [0.717, 1.165) is 32.9 Å². The highest BCUT2D eigenvalue weighted by Crippen LogP contribution is 2.62. The van der Waals surface area contributed by atoms with Gasteiger partial charge in [0.15, 0.2) is 5.82 Å². The van der Waals surface area contributed by atoms with Crippen LogP contribution in [0.3, 0.4) is 0 Å². The van der Waals surface area contributed by atoms with Gasteiger partial charge < -0.3 is 0 Å². The minimum Gasteiger partial charge on any atom is -0.226 e. The van der Waals surface area contributed by atoms with E-state index in [1.807, 2.05) is 6.07 Å². The van der Waals surface area contributed by atoms with Gasteiger partial charge in [-0.05, 0) is 123 Å². The van der Waals surface area contributed by atoms with Crippen molar-refractivity contribution in [2.24, 2.45) is 0 Å². The first-order valence-electron chi connectivity index (χ1n) is 22.6. The van der Waals surface area contributed by atoms with Crippen LogP contribution in [-0.2, 0) is 10.8 Å². The second kappa shape index (κ2) is 13.7. The molecular formula is C58H46N2S. The van der Waals surface area contributed by atoms with E-state index in [-0.39, 0.29) is 10.8 Å². The molecule has 2 fully saturated rings. The van der Waals surface area contributed by atoms with Crippen LogP contribution in [-0.4, -0.2) is 9.97 Å². The minimum atomic E-state index is 0.121. The highest BCUT2D eigenvalue weighted by molar-refractivity contribution is 7.26. The summed E-state index contributed by atoms with van der Waals surface area (Å²) in [7, 11) is 0. The molecule has 4 aliphatic rings. The van der Waals surface area contributed by atoms with Gasteiger partial charge in [0, 0.05) is 32.0 Å². The number of rotatable bonds is 4. The van der Waals surface area contributed by atoms with E-state index in [0.29, 0.717) is 0 Å². The molecule has 0 radical (unpaired) electrons. The summed E-state index contributed by atoms with van der Waals surface area (Å²) in [6.07, 6.45) is 13.0.